The number of hydrogen-bond donors (Lipinski definition) is 3. The van der Waals surface area contributed by atoms with Gasteiger partial charge >= 0.3 is 0 Å². The summed E-state index contributed by atoms with van der Waals surface area (Å²) in [7, 11) is 3.13. The quantitative estimate of drug-likeness (QED) is 0.258. The second kappa shape index (κ2) is 17.2. The fourth-order valence-electron chi connectivity index (χ4n) is 6.01. The maximum Gasteiger partial charge on any atom is 0.253 e. The number of rotatable bonds is 7. The molecule has 2 aromatic heterocycles. The Balaban J connectivity index is 1.39. The normalized spacial score (nSPS) is 18.8. The minimum Gasteiger partial charge on any atom is -0.493 e. The van der Waals surface area contributed by atoms with E-state index in [0.29, 0.717) is 74.0 Å². The maximum absolute atomic E-state index is 13.7. The Morgan fingerprint density at radius 2 is 1.80 bits per heavy atom. The van der Waals surface area contributed by atoms with Gasteiger partial charge in [0.25, 0.3) is 5.91 Å². The van der Waals surface area contributed by atoms with Crippen molar-refractivity contribution in [3.63, 3.8) is 0 Å². The van der Waals surface area contributed by atoms with Gasteiger partial charge in [-0.25, -0.2) is 14.6 Å². The van der Waals surface area contributed by atoms with Crippen LogP contribution in [0.3, 0.4) is 0 Å². The van der Waals surface area contributed by atoms with Crippen LogP contribution >= 0.6 is 11.3 Å². The molecule has 0 unspecified atom stereocenters. The summed E-state index contributed by atoms with van der Waals surface area (Å²) in [5.41, 5.74) is 3.87. The summed E-state index contributed by atoms with van der Waals surface area (Å²) in [5.74, 6) is 0.769. The van der Waals surface area contributed by atoms with E-state index in [2.05, 4.69) is 26.0 Å². The van der Waals surface area contributed by atoms with Crippen molar-refractivity contribution < 1.29 is 28.7 Å². The van der Waals surface area contributed by atoms with E-state index in [1.807, 2.05) is 32.0 Å². The summed E-state index contributed by atoms with van der Waals surface area (Å²) in [5, 5.41) is 13.5. The predicted molar refractivity (Wildman–Crippen MR) is 193 cm³/mol. The van der Waals surface area contributed by atoms with Gasteiger partial charge in [0, 0.05) is 38.0 Å². The van der Waals surface area contributed by atoms with E-state index in [4.69, 9.17) is 14.5 Å². The molecule has 2 aromatic carbocycles. The Morgan fingerprint density at radius 3 is 2.57 bits per heavy atom. The molecule has 0 fully saturated rings. The molecular formula is C36H46N8O6S. The van der Waals surface area contributed by atoms with Gasteiger partial charge in [-0.15, -0.1) is 11.3 Å². The minimum absolute atomic E-state index is 0.129. The number of carbonyl (C=O) groups is 4. The zero-order valence-corrected chi connectivity index (χ0v) is 30.5. The number of nitrogens with zero attached hydrogens (tertiary/aromatic N) is 5. The Hall–Kier alpha value is -5.05. The fraction of sp³-hybridized carbons (Fsp3) is 0.472. The molecule has 0 bridgehead atoms. The van der Waals surface area contributed by atoms with Crippen molar-refractivity contribution in [2.45, 2.75) is 71.5 Å². The highest BCUT2D eigenvalue weighted by Crippen LogP contribution is 2.28. The second-order valence-corrected chi connectivity index (χ2v) is 13.6. The van der Waals surface area contributed by atoms with Gasteiger partial charge in [-0.05, 0) is 61.6 Å². The second-order valence-electron chi connectivity index (χ2n) is 12.7. The maximum atomic E-state index is 13.7. The number of amides is 4. The molecule has 3 atom stereocenters. The number of nitrogens with one attached hydrogen (secondary N) is 3. The standard InChI is InChI=1S/C36H46N8O6S/c1-6-22(2)33-35(47)39-23(3)34-40-30(18-24-10-12-27(49-4)28(17-24)50-5)42-44(34)20-32(46)37-14-8-16-43(15-7-9-31(45)41-33)36(48)25-11-13-29-26(19-25)38-21-51-29/h10-13,17,19,21-23,33H,6-9,14-16,18,20H2,1-5H3,(H,37,46)(H,39,47)(H,41,45)/t22-,23+,33-/m0/s1. The molecule has 5 rings (SSSR count). The van der Waals surface area contributed by atoms with Crippen LogP contribution in [-0.4, -0.2) is 88.2 Å². The van der Waals surface area contributed by atoms with Crippen LogP contribution in [-0.2, 0) is 27.3 Å². The van der Waals surface area contributed by atoms with E-state index < -0.39 is 12.1 Å². The first-order chi connectivity index (χ1) is 24.6. The molecule has 3 N–H and O–H groups in total. The Morgan fingerprint density at radius 1 is 1.02 bits per heavy atom. The lowest BCUT2D eigenvalue weighted by molar-refractivity contribution is -0.130. The van der Waals surface area contributed by atoms with Crippen LogP contribution in [0.2, 0.25) is 0 Å². The molecule has 4 aromatic rings. The fourth-order valence-corrected chi connectivity index (χ4v) is 6.67. The molecule has 15 heteroatoms. The van der Waals surface area contributed by atoms with Gasteiger partial charge < -0.3 is 30.3 Å². The van der Waals surface area contributed by atoms with Gasteiger partial charge in [0.1, 0.15) is 18.4 Å². The molecule has 14 nitrogen and oxygen atoms in total. The first kappa shape index (κ1) is 37.2. The number of benzene rings is 2. The zero-order chi connectivity index (χ0) is 36.5. The average molecular weight is 719 g/mol. The van der Waals surface area contributed by atoms with Gasteiger partial charge in [0.05, 0.1) is 36.0 Å². The molecule has 3 heterocycles. The largest absolute Gasteiger partial charge is 0.493 e. The van der Waals surface area contributed by atoms with Crippen molar-refractivity contribution >= 4 is 45.2 Å². The van der Waals surface area contributed by atoms with Crippen LogP contribution < -0.4 is 25.4 Å². The van der Waals surface area contributed by atoms with Crippen LogP contribution in [0.5, 0.6) is 11.5 Å². The van der Waals surface area contributed by atoms with E-state index in [9.17, 15) is 19.2 Å². The third-order valence-corrected chi connectivity index (χ3v) is 9.84. The highest BCUT2D eigenvalue weighted by molar-refractivity contribution is 7.16. The van der Waals surface area contributed by atoms with Crippen molar-refractivity contribution in [3.8, 4) is 11.5 Å². The Bertz CT molecular complexity index is 1860. The summed E-state index contributed by atoms with van der Waals surface area (Å²) in [4.78, 5) is 64.6. The number of ether oxygens (including phenoxy) is 2. The van der Waals surface area contributed by atoms with E-state index in [-0.39, 0.29) is 42.5 Å². The minimum atomic E-state index is -0.794. The highest BCUT2D eigenvalue weighted by Gasteiger charge is 2.29. The van der Waals surface area contributed by atoms with Crippen LogP contribution in [0.15, 0.2) is 41.9 Å². The SMILES string of the molecule is CC[C@H](C)[C@@H]1NC(=O)CCCN(C(=O)c2ccc3scnc3c2)CCCNC(=O)Cn2nc(Cc3ccc(OC)c(OC)c3)nc2[C@@H](C)NC1=O. The first-order valence-corrected chi connectivity index (χ1v) is 18.1. The van der Waals surface area contributed by atoms with E-state index >= 15 is 0 Å². The van der Waals surface area contributed by atoms with Crippen molar-refractivity contribution in [3.05, 3.63) is 64.7 Å². The Kier molecular flexibility index (Phi) is 12.6. The van der Waals surface area contributed by atoms with E-state index in [1.54, 1.807) is 49.8 Å². The molecule has 1 aliphatic heterocycles. The smallest absolute Gasteiger partial charge is 0.253 e. The average Bonchev–Trinajstić information content (AvgIpc) is 3.76. The monoisotopic (exact) mass is 718 g/mol. The van der Waals surface area contributed by atoms with Gasteiger partial charge in [0.15, 0.2) is 17.3 Å². The Labute approximate surface area is 301 Å². The van der Waals surface area contributed by atoms with Gasteiger partial charge in [-0.1, -0.05) is 26.3 Å². The number of thiazole rings is 1. The van der Waals surface area contributed by atoms with Crippen molar-refractivity contribution in [2.24, 2.45) is 5.92 Å². The van der Waals surface area contributed by atoms with Crippen LogP contribution in [0.25, 0.3) is 10.2 Å². The van der Waals surface area contributed by atoms with Crippen molar-refractivity contribution in [1.82, 2.24) is 40.6 Å². The van der Waals surface area contributed by atoms with Gasteiger partial charge in [-0.2, -0.15) is 5.10 Å². The predicted octanol–water partition coefficient (Wildman–Crippen LogP) is 3.65. The number of hydrogen-bond acceptors (Lipinski definition) is 10. The molecule has 272 valence electrons. The lowest BCUT2D eigenvalue weighted by Gasteiger charge is -2.26. The van der Waals surface area contributed by atoms with Crippen LogP contribution in [0.1, 0.15) is 80.1 Å². The number of fused-ring (bicyclic) bond motifs is 2. The third-order valence-electron chi connectivity index (χ3n) is 9.03. The van der Waals surface area contributed by atoms with Gasteiger partial charge in [-0.3, -0.25) is 19.2 Å². The molecule has 0 radical (unpaired) electrons. The number of carbonyl (C=O) groups excluding carboxylic acids is 4. The summed E-state index contributed by atoms with van der Waals surface area (Å²) < 4.78 is 13.3. The summed E-state index contributed by atoms with van der Waals surface area (Å²) in [6.07, 6.45) is 2.03. The molecule has 0 aliphatic carbocycles. The van der Waals surface area contributed by atoms with Crippen molar-refractivity contribution in [1.29, 1.82) is 0 Å². The van der Waals surface area contributed by atoms with Crippen LogP contribution in [0, 0.1) is 5.92 Å². The summed E-state index contributed by atoms with van der Waals surface area (Å²) in [6, 6.07) is 9.56. The topological polar surface area (TPSA) is 170 Å². The third kappa shape index (κ3) is 9.39. The number of methoxy groups -OCH3 is 2. The van der Waals surface area contributed by atoms with E-state index in [0.717, 1.165) is 15.8 Å². The molecule has 0 saturated heterocycles. The van der Waals surface area contributed by atoms with Crippen molar-refractivity contribution in [2.75, 3.05) is 33.9 Å². The van der Waals surface area contributed by atoms with Gasteiger partial charge in [0.2, 0.25) is 17.7 Å². The first-order valence-electron chi connectivity index (χ1n) is 17.2. The molecule has 1 aliphatic rings. The van der Waals surface area contributed by atoms with E-state index in [1.165, 1.54) is 16.0 Å². The lowest BCUT2D eigenvalue weighted by atomic mass is 9.97. The molecule has 4 amide bonds. The lowest BCUT2D eigenvalue weighted by Crippen LogP contribution is -2.51. The summed E-state index contributed by atoms with van der Waals surface area (Å²) >= 11 is 1.50. The molecule has 0 spiro atoms. The molecule has 0 saturated carbocycles. The number of aromatic nitrogens is 4. The molecular weight excluding hydrogens is 673 g/mol. The zero-order valence-electron chi connectivity index (χ0n) is 29.7. The molecule has 51 heavy (non-hydrogen) atoms. The van der Waals surface area contributed by atoms with Crippen LogP contribution in [0.4, 0.5) is 0 Å². The highest BCUT2D eigenvalue weighted by atomic mass is 32.1. The summed E-state index contributed by atoms with van der Waals surface area (Å²) in [6.45, 7) is 6.54.